The number of amides is 1. The molecule has 1 amide bonds. The monoisotopic (exact) mass is 363 g/mol. The zero-order chi connectivity index (χ0) is 19.4. The molecule has 1 aromatic carbocycles. The molecule has 2 heterocycles. The number of ether oxygens (including phenoxy) is 1. The van der Waals surface area contributed by atoms with Gasteiger partial charge >= 0.3 is 0 Å². The maximum absolute atomic E-state index is 12.3. The zero-order valence-corrected chi connectivity index (χ0v) is 15.5. The molecule has 0 saturated carbocycles. The van der Waals surface area contributed by atoms with Gasteiger partial charge in [0, 0.05) is 24.0 Å². The smallest absolute Gasteiger partial charge is 0.260 e. The third-order valence-corrected chi connectivity index (χ3v) is 4.20. The molecule has 27 heavy (non-hydrogen) atoms. The molecule has 6 heteroatoms. The number of aromatic amines is 1. The van der Waals surface area contributed by atoms with Crippen molar-refractivity contribution in [2.75, 3.05) is 0 Å². The number of hydrogen-bond acceptors (Lipinski definition) is 4. The highest BCUT2D eigenvalue weighted by molar-refractivity contribution is 5.93. The Morgan fingerprint density at radius 1 is 1.07 bits per heavy atom. The molecule has 0 spiro atoms. The Morgan fingerprint density at radius 3 is 2.52 bits per heavy atom. The molecule has 0 bridgehead atoms. The molecule has 6 nitrogen and oxygen atoms in total. The van der Waals surface area contributed by atoms with Crippen molar-refractivity contribution in [2.45, 2.75) is 27.3 Å². The van der Waals surface area contributed by atoms with E-state index in [1.54, 1.807) is 25.3 Å². The second kappa shape index (κ2) is 7.86. The predicted molar refractivity (Wildman–Crippen MR) is 103 cm³/mol. The van der Waals surface area contributed by atoms with Gasteiger partial charge < -0.3 is 15.0 Å². The quantitative estimate of drug-likeness (QED) is 0.727. The van der Waals surface area contributed by atoms with Crippen LogP contribution in [0.4, 0.5) is 0 Å². The normalized spacial score (nSPS) is 10.5. The van der Waals surface area contributed by atoms with Gasteiger partial charge in [-0.05, 0) is 50.1 Å². The first-order valence-electron chi connectivity index (χ1n) is 8.62. The first kappa shape index (κ1) is 18.4. The lowest BCUT2D eigenvalue weighted by Gasteiger charge is -2.14. The lowest BCUT2D eigenvalue weighted by molar-refractivity contribution is 0.0949. The number of aryl methyl sites for hydroxylation is 3. The van der Waals surface area contributed by atoms with Gasteiger partial charge in [-0.25, -0.2) is 4.98 Å². The molecular formula is C21H21N3O3. The van der Waals surface area contributed by atoms with Crippen molar-refractivity contribution in [3.8, 4) is 11.6 Å². The molecule has 0 aliphatic rings. The number of carbonyl (C=O) groups excluding carboxylic acids is 1. The highest BCUT2D eigenvalue weighted by Crippen LogP contribution is 2.29. The summed E-state index contributed by atoms with van der Waals surface area (Å²) in [5.41, 5.74) is 3.08. The van der Waals surface area contributed by atoms with Crippen LogP contribution in [0.3, 0.4) is 0 Å². The SMILES string of the molecule is Cc1ccc(C(=O)NCc2cccnc2Oc2c(C)cccc2C)c(=O)[nH]1. The van der Waals surface area contributed by atoms with Crippen LogP contribution in [0.1, 0.15) is 32.7 Å². The van der Waals surface area contributed by atoms with Crippen molar-refractivity contribution in [1.82, 2.24) is 15.3 Å². The number of para-hydroxylation sites is 1. The van der Waals surface area contributed by atoms with Crippen LogP contribution in [0.2, 0.25) is 0 Å². The van der Waals surface area contributed by atoms with E-state index >= 15 is 0 Å². The fourth-order valence-electron chi connectivity index (χ4n) is 2.73. The second-order valence-electron chi connectivity index (χ2n) is 6.36. The van der Waals surface area contributed by atoms with E-state index in [2.05, 4.69) is 15.3 Å². The summed E-state index contributed by atoms with van der Waals surface area (Å²) >= 11 is 0. The first-order valence-corrected chi connectivity index (χ1v) is 8.62. The van der Waals surface area contributed by atoms with Crippen molar-refractivity contribution < 1.29 is 9.53 Å². The Morgan fingerprint density at radius 2 is 1.81 bits per heavy atom. The summed E-state index contributed by atoms with van der Waals surface area (Å²) in [5, 5.41) is 2.75. The van der Waals surface area contributed by atoms with E-state index < -0.39 is 11.5 Å². The maximum Gasteiger partial charge on any atom is 0.260 e. The van der Waals surface area contributed by atoms with E-state index in [1.807, 2.05) is 38.1 Å². The molecule has 3 rings (SSSR count). The summed E-state index contributed by atoms with van der Waals surface area (Å²) in [6, 6.07) is 12.7. The van der Waals surface area contributed by atoms with Gasteiger partial charge in [-0.2, -0.15) is 0 Å². The number of nitrogens with one attached hydrogen (secondary N) is 2. The number of nitrogens with zero attached hydrogens (tertiary/aromatic N) is 1. The van der Waals surface area contributed by atoms with E-state index in [9.17, 15) is 9.59 Å². The molecule has 0 aliphatic carbocycles. The van der Waals surface area contributed by atoms with E-state index in [1.165, 1.54) is 6.07 Å². The van der Waals surface area contributed by atoms with Crippen LogP contribution >= 0.6 is 0 Å². The molecule has 138 valence electrons. The molecule has 0 saturated heterocycles. The van der Waals surface area contributed by atoms with Gasteiger partial charge in [-0.1, -0.05) is 24.3 Å². The summed E-state index contributed by atoms with van der Waals surface area (Å²) in [7, 11) is 0. The van der Waals surface area contributed by atoms with Gasteiger partial charge in [0.2, 0.25) is 5.88 Å². The predicted octanol–water partition coefficient (Wildman–Crippen LogP) is 3.42. The third-order valence-electron chi connectivity index (χ3n) is 4.20. The minimum atomic E-state index is -0.446. The number of aromatic nitrogens is 2. The minimum Gasteiger partial charge on any atom is -0.438 e. The summed E-state index contributed by atoms with van der Waals surface area (Å²) < 4.78 is 6.02. The van der Waals surface area contributed by atoms with Crippen LogP contribution in [0.15, 0.2) is 53.5 Å². The van der Waals surface area contributed by atoms with E-state index in [-0.39, 0.29) is 12.1 Å². The minimum absolute atomic E-state index is 0.0710. The summed E-state index contributed by atoms with van der Waals surface area (Å²) in [6.07, 6.45) is 1.64. The average molecular weight is 363 g/mol. The second-order valence-corrected chi connectivity index (χ2v) is 6.36. The van der Waals surface area contributed by atoms with Gasteiger partial charge in [-0.15, -0.1) is 0 Å². The summed E-state index contributed by atoms with van der Waals surface area (Å²) in [4.78, 5) is 31.2. The Hall–Kier alpha value is -3.41. The largest absolute Gasteiger partial charge is 0.438 e. The fraction of sp³-hybridized carbons (Fsp3) is 0.190. The Labute approximate surface area is 157 Å². The van der Waals surface area contributed by atoms with E-state index in [0.29, 0.717) is 11.6 Å². The molecule has 0 atom stereocenters. The number of benzene rings is 1. The zero-order valence-electron chi connectivity index (χ0n) is 15.5. The van der Waals surface area contributed by atoms with Crippen molar-refractivity contribution >= 4 is 5.91 Å². The van der Waals surface area contributed by atoms with Gasteiger partial charge in [-0.3, -0.25) is 9.59 Å². The van der Waals surface area contributed by atoms with Crippen LogP contribution in [0, 0.1) is 20.8 Å². The van der Waals surface area contributed by atoms with Gasteiger partial charge in [0.25, 0.3) is 11.5 Å². The molecule has 2 aromatic heterocycles. The van der Waals surface area contributed by atoms with Gasteiger partial charge in [0.1, 0.15) is 11.3 Å². The Balaban J connectivity index is 1.78. The number of carbonyl (C=O) groups is 1. The standard InChI is InChI=1S/C21H21N3O3/c1-13-6-4-7-14(2)18(13)27-21-16(8-5-11-22-21)12-23-19(25)17-10-9-15(3)24-20(17)26/h4-11H,12H2,1-3H3,(H,23,25)(H,24,26). The third kappa shape index (κ3) is 4.23. The Kier molecular flexibility index (Phi) is 5.35. The summed E-state index contributed by atoms with van der Waals surface area (Å²) in [5.74, 6) is 0.727. The van der Waals surface area contributed by atoms with Crippen LogP contribution in [-0.2, 0) is 6.54 Å². The number of rotatable bonds is 5. The van der Waals surface area contributed by atoms with Gasteiger partial charge in [0.15, 0.2) is 0 Å². The lowest BCUT2D eigenvalue weighted by atomic mass is 10.1. The average Bonchev–Trinajstić information content (AvgIpc) is 2.63. The molecule has 0 unspecified atom stereocenters. The van der Waals surface area contributed by atoms with Crippen molar-refractivity contribution in [3.63, 3.8) is 0 Å². The van der Waals surface area contributed by atoms with Crippen molar-refractivity contribution in [2.24, 2.45) is 0 Å². The number of H-pyrrole nitrogens is 1. The summed E-state index contributed by atoms with van der Waals surface area (Å²) in [6.45, 7) is 5.89. The lowest BCUT2D eigenvalue weighted by Crippen LogP contribution is -2.29. The van der Waals surface area contributed by atoms with Crippen molar-refractivity contribution in [1.29, 1.82) is 0 Å². The maximum atomic E-state index is 12.3. The first-order chi connectivity index (χ1) is 13.0. The molecular weight excluding hydrogens is 342 g/mol. The van der Waals surface area contributed by atoms with E-state index in [0.717, 1.165) is 22.4 Å². The van der Waals surface area contributed by atoms with Gasteiger partial charge in [0.05, 0.1) is 0 Å². The number of hydrogen-bond donors (Lipinski definition) is 2. The number of pyridine rings is 2. The topological polar surface area (TPSA) is 84.1 Å². The van der Waals surface area contributed by atoms with Crippen LogP contribution in [0.25, 0.3) is 0 Å². The van der Waals surface area contributed by atoms with Crippen LogP contribution < -0.4 is 15.6 Å². The highest BCUT2D eigenvalue weighted by atomic mass is 16.5. The van der Waals surface area contributed by atoms with Crippen molar-refractivity contribution in [3.05, 3.63) is 87.0 Å². The molecule has 0 fully saturated rings. The molecule has 2 N–H and O–H groups in total. The fourth-order valence-corrected chi connectivity index (χ4v) is 2.73. The molecule has 0 aliphatic heterocycles. The highest BCUT2D eigenvalue weighted by Gasteiger charge is 2.13. The van der Waals surface area contributed by atoms with E-state index in [4.69, 9.17) is 4.74 Å². The molecule has 3 aromatic rings. The molecule has 0 radical (unpaired) electrons. The van der Waals surface area contributed by atoms with Crippen LogP contribution in [-0.4, -0.2) is 15.9 Å². The van der Waals surface area contributed by atoms with Crippen LogP contribution in [0.5, 0.6) is 11.6 Å². The Bertz CT molecular complexity index is 1020.